The van der Waals surface area contributed by atoms with Crippen molar-refractivity contribution in [1.29, 1.82) is 0 Å². The van der Waals surface area contributed by atoms with E-state index in [9.17, 15) is 4.79 Å². The molecule has 0 bridgehead atoms. The number of aromatic nitrogens is 3. The van der Waals surface area contributed by atoms with E-state index in [-0.39, 0.29) is 17.9 Å². The molecule has 0 fully saturated rings. The van der Waals surface area contributed by atoms with Gasteiger partial charge in [-0.15, -0.1) is 5.10 Å². The Hall–Kier alpha value is -3.74. The molecule has 3 rings (SSSR count). The van der Waals surface area contributed by atoms with Crippen molar-refractivity contribution >= 4 is 18.2 Å². The van der Waals surface area contributed by atoms with Crippen LogP contribution in [-0.4, -0.2) is 33.7 Å². The fourth-order valence-corrected chi connectivity index (χ4v) is 2.76. The molecule has 1 amide bonds. The van der Waals surface area contributed by atoms with Gasteiger partial charge in [0.15, 0.2) is 6.61 Å². The van der Waals surface area contributed by atoms with Crippen LogP contribution in [0.5, 0.6) is 5.75 Å². The first-order valence-corrected chi connectivity index (χ1v) is 10.1. The highest BCUT2D eigenvalue weighted by molar-refractivity contribution is 5.81. The molecule has 0 aliphatic carbocycles. The molecule has 0 aliphatic rings. The van der Waals surface area contributed by atoms with Crippen LogP contribution in [0, 0.1) is 0 Å². The fraction of sp³-hybridized carbons (Fsp3) is 0.250. The molecule has 0 spiro atoms. The molecule has 0 aliphatic heterocycles. The van der Waals surface area contributed by atoms with Gasteiger partial charge in [-0.2, -0.15) is 5.10 Å². The number of hydrogen-bond donors (Lipinski definition) is 1. The molecular weight excluding hydrogens is 390 g/mol. The topological polar surface area (TPSA) is 81.4 Å². The van der Waals surface area contributed by atoms with E-state index in [0.717, 1.165) is 5.56 Å². The number of carbonyl (C=O) groups is 1. The van der Waals surface area contributed by atoms with Crippen molar-refractivity contribution in [1.82, 2.24) is 20.4 Å². The standard InChI is InChI=1S/C24H27N5O2/c1-24(2,3)20-11-13-22(14-12-20)31-18-23(30)27-25-15-7-10-21-17-29(28-26-21)16-19-8-5-4-6-9-19/h4-15,17H,16,18H2,1-3H3,(H,27,30)/b10-7+,25-15+. The van der Waals surface area contributed by atoms with Crippen molar-refractivity contribution in [3.05, 3.63) is 83.7 Å². The number of allylic oxidation sites excluding steroid dienone is 1. The van der Waals surface area contributed by atoms with Crippen LogP contribution >= 0.6 is 0 Å². The zero-order chi connectivity index (χ0) is 22.1. The zero-order valence-electron chi connectivity index (χ0n) is 18.0. The first-order chi connectivity index (χ1) is 14.9. The Morgan fingerprint density at radius 3 is 2.58 bits per heavy atom. The predicted octanol–water partition coefficient (Wildman–Crippen LogP) is 3.82. The second-order valence-electron chi connectivity index (χ2n) is 8.06. The molecular formula is C24H27N5O2. The van der Waals surface area contributed by atoms with Crippen LogP contribution in [0.1, 0.15) is 37.6 Å². The SMILES string of the molecule is CC(C)(C)c1ccc(OCC(=O)N/N=C/C=C/c2cn(Cc3ccccc3)nn2)cc1. The summed E-state index contributed by atoms with van der Waals surface area (Å²) in [6, 6.07) is 17.8. The summed E-state index contributed by atoms with van der Waals surface area (Å²) in [4.78, 5) is 11.9. The highest BCUT2D eigenvalue weighted by atomic mass is 16.5. The molecule has 7 nitrogen and oxygen atoms in total. The van der Waals surface area contributed by atoms with E-state index in [0.29, 0.717) is 18.0 Å². The van der Waals surface area contributed by atoms with Crippen molar-refractivity contribution in [2.75, 3.05) is 6.61 Å². The van der Waals surface area contributed by atoms with Crippen LogP contribution in [-0.2, 0) is 16.8 Å². The second kappa shape index (κ2) is 10.3. The zero-order valence-corrected chi connectivity index (χ0v) is 18.0. The summed E-state index contributed by atoms with van der Waals surface area (Å²) in [5.41, 5.74) is 5.57. The van der Waals surface area contributed by atoms with Gasteiger partial charge < -0.3 is 4.74 Å². The molecule has 2 aromatic carbocycles. The summed E-state index contributed by atoms with van der Waals surface area (Å²) in [6.45, 7) is 7.00. The Morgan fingerprint density at radius 1 is 1.13 bits per heavy atom. The maximum Gasteiger partial charge on any atom is 0.277 e. The largest absolute Gasteiger partial charge is 0.484 e. The third-order valence-electron chi connectivity index (χ3n) is 4.45. The normalized spacial score (nSPS) is 11.8. The monoisotopic (exact) mass is 417 g/mol. The van der Waals surface area contributed by atoms with Gasteiger partial charge in [0.2, 0.25) is 0 Å². The summed E-state index contributed by atoms with van der Waals surface area (Å²) in [5, 5.41) is 12.1. The van der Waals surface area contributed by atoms with Gasteiger partial charge in [-0.3, -0.25) is 4.79 Å². The number of amides is 1. The van der Waals surface area contributed by atoms with Gasteiger partial charge >= 0.3 is 0 Å². The van der Waals surface area contributed by atoms with Crippen LogP contribution in [0.3, 0.4) is 0 Å². The molecule has 31 heavy (non-hydrogen) atoms. The lowest BCUT2D eigenvalue weighted by molar-refractivity contribution is -0.123. The number of rotatable bonds is 8. The number of ether oxygens (including phenoxy) is 1. The van der Waals surface area contributed by atoms with Gasteiger partial charge in [0.25, 0.3) is 5.91 Å². The number of hydrogen-bond acceptors (Lipinski definition) is 5. The number of benzene rings is 2. The minimum Gasteiger partial charge on any atom is -0.484 e. The van der Waals surface area contributed by atoms with E-state index >= 15 is 0 Å². The molecule has 0 saturated heterocycles. The average molecular weight is 418 g/mol. The molecule has 3 aromatic rings. The van der Waals surface area contributed by atoms with E-state index in [4.69, 9.17) is 4.74 Å². The Balaban J connectivity index is 1.39. The number of carbonyl (C=O) groups excluding carboxylic acids is 1. The molecule has 1 heterocycles. The molecule has 0 radical (unpaired) electrons. The lowest BCUT2D eigenvalue weighted by Crippen LogP contribution is -2.24. The number of hydrazone groups is 1. The van der Waals surface area contributed by atoms with E-state index < -0.39 is 0 Å². The summed E-state index contributed by atoms with van der Waals surface area (Å²) in [7, 11) is 0. The van der Waals surface area contributed by atoms with Crippen LogP contribution < -0.4 is 10.2 Å². The summed E-state index contributed by atoms with van der Waals surface area (Å²) < 4.78 is 7.25. The van der Waals surface area contributed by atoms with E-state index in [1.807, 2.05) is 60.8 Å². The molecule has 1 aromatic heterocycles. The maximum absolute atomic E-state index is 11.9. The van der Waals surface area contributed by atoms with Gasteiger partial charge in [0, 0.05) is 6.21 Å². The molecule has 0 unspecified atom stereocenters. The van der Waals surface area contributed by atoms with Crippen molar-refractivity contribution in [3.63, 3.8) is 0 Å². The highest BCUT2D eigenvalue weighted by Crippen LogP contribution is 2.24. The maximum atomic E-state index is 11.9. The first-order valence-electron chi connectivity index (χ1n) is 10.1. The third-order valence-corrected chi connectivity index (χ3v) is 4.45. The van der Waals surface area contributed by atoms with Crippen molar-refractivity contribution in [2.24, 2.45) is 5.10 Å². The van der Waals surface area contributed by atoms with Crippen LogP contribution in [0.25, 0.3) is 6.08 Å². The molecule has 1 N–H and O–H groups in total. The molecule has 0 atom stereocenters. The smallest absolute Gasteiger partial charge is 0.277 e. The molecule has 160 valence electrons. The summed E-state index contributed by atoms with van der Waals surface area (Å²) in [5.74, 6) is 0.309. The van der Waals surface area contributed by atoms with E-state index in [2.05, 4.69) is 41.6 Å². The van der Waals surface area contributed by atoms with Gasteiger partial charge in [0.1, 0.15) is 11.4 Å². The van der Waals surface area contributed by atoms with Crippen molar-refractivity contribution < 1.29 is 9.53 Å². The average Bonchev–Trinajstić information content (AvgIpc) is 3.19. The third kappa shape index (κ3) is 7.22. The first kappa shape index (κ1) is 22.0. The lowest BCUT2D eigenvalue weighted by atomic mass is 9.87. The molecule has 7 heteroatoms. The summed E-state index contributed by atoms with van der Waals surface area (Å²) in [6.07, 6.45) is 6.77. The Labute approximate surface area is 182 Å². The predicted molar refractivity (Wildman–Crippen MR) is 122 cm³/mol. The summed E-state index contributed by atoms with van der Waals surface area (Å²) >= 11 is 0. The van der Waals surface area contributed by atoms with Crippen LogP contribution in [0.4, 0.5) is 0 Å². The molecule has 0 saturated carbocycles. The number of nitrogens with zero attached hydrogens (tertiary/aromatic N) is 4. The minimum absolute atomic E-state index is 0.0776. The number of nitrogens with one attached hydrogen (secondary N) is 1. The lowest BCUT2D eigenvalue weighted by Gasteiger charge is -2.19. The second-order valence-corrected chi connectivity index (χ2v) is 8.06. The van der Waals surface area contributed by atoms with Gasteiger partial charge in [-0.25, -0.2) is 10.1 Å². The minimum atomic E-state index is -0.335. The van der Waals surface area contributed by atoms with Crippen LogP contribution in [0.15, 0.2) is 72.0 Å². The van der Waals surface area contributed by atoms with Gasteiger partial charge in [-0.05, 0) is 40.8 Å². The Morgan fingerprint density at radius 2 is 1.87 bits per heavy atom. The van der Waals surface area contributed by atoms with Crippen LogP contribution in [0.2, 0.25) is 0 Å². The fourth-order valence-electron chi connectivity index (χ4n) is 2.76. The van der Waals surface area contributed by atoms with E-state index in [1.165, 1.54) is 11.8 Å². The van der Waals surface area contributed by atoms with E-state index in [1.54, 1.807) is 16.8 Å². The quantitative estimate of drug-likeness (QED) is 0.446. The Bertz CT molecular complexity index is 1030. The van der Waals surface area contributed by atoms with Gasteiger partial charge in [-0.1, -0.05) is 68.4 Å². The van der Waals surface area contributed by atoms with Crippen molar-refractivity contribution in [3.8, 4) is 5.75 Å². The van der Waals surface area contributed by atoms with Crippen molar-refractivity contribution in [2.45, 2.75) is 32.7 Å². The van der Waals surface area contributed by atoms with Gasteiger partial charge in [0.05, 0.1) is 12.7 Å². The Kier molecular flexibility index (Phi) is 7.32. The highest BCUT2D eigenvalue weighted by Gasteiger charge is 2.13.